The fourth-order valence-electron chi connectivity index (χ4n) is 4.63. The minimum absolute atomic E-state index is 0.0358. The van der Waals surface area contributed by atoms with E-state index in [1.807, 2.05) is 22.8 Å². The van der Waals surface area contributed by atoms with Crippen LogP contribution in [0.15, 0.2) is 60.9 Å². The van der Waals surface area contributed by atoms with Gasteiger partial charge in [0, 0.05) is 42.4 Å². The van der Waals surface area contributed by atoms with Gasteiger partial charge in [-0.15, -0.1) is 0 Å². The minimum atomic E-state index is -0.886. The number of hydrogen-bond donors (Lipinski definition) is 2. The second-order valence-electron chi connectivity index (χ2n) is 8.63. The number of nitrogens with zero attached hydrogens (tertiary/aromatic N) is 2. The van der Waals surface area contributed by atoms with Crippen LogP contribution in [0.1, 0.15) is 23.2 Å². The highest BCUT2D eigenvalue weighted by Crippen LogP contribution is 2.38. The van der Waals surface area contributed by atoms with Crippen molar-refractivity contribution < 1.29 is 27.8 Å². The number of benzene rings is 3. The van der Waals surface area contributed by atoms with Crippen molar-refractivity contribution in [3.05, 3.63) is 95.2 Å². The van der Waals surface area contributed by atoms with Gasteiger partial charge in [0.15, 0.2) is 17.4 Å². The molecule has 0 saturated carbocycles. The van der Waals surface area contributed by atoms with Crippen LogP contribution in [0, 0.1) is 17.5 Å². The van der Waals surface area contributed by atoms with Gasteiger partial charge in [0.25, 0.3) is 0 Å². The molecule has 0 atom stereocenters. The Morgan fingerprint density at radius 2 is 1.94 bits per heavy atom. The van der Waals surface area contributed by atoms with E-state index in [1.165, 1.54) is 30.5 Å². The third kappa shape index (κ3) is 3.60. The van der Waals surface area contributed by atoms with E-state index in [2.05, 4.69) is 9.97 Å². The Bertz CT molecular complexity index is 1670. The topological polar surface area (TPSA) is 80.1 Å². The molecule has 1 aliphatic heterocycles. The first-order chi connectivity index (χ1) is 17.4. The molecule has 6 nitrogen and oxygen atoms in total. The van der Waals surface area contributed by atoms with Crippen LogP contribution in [0.25, 0.3) is 28.0 Å². The first-order valence-corrected chi connectivity index (χ1v) is 11.2. The van der Waals surface area contributed by atoms with E-state index < -0.39 is 29.2 Å². The molecule has 180 valence electrons. The fraction of sp³-hybridized carbons (Fsp3) is 0.111. The summed E-state index contributed by atoms with van der Waals surface area (Å²) in [6.07, 6.45) is 4.16. The van der Waals surface area contributed by atoms with E-state index in [4.69, 9.17) is 9.84 Å². The molecule has 1 aliphatic rings. The fourth-order valence-corrected chi connectivity index (χ4v) is 4.63. The number of ether oxygens (including phenoxy) is 1. The lowest BCUT2D eigenvalue weighted by Gasteiger charge is -2.12. The monoisotopic (exact) mass is 489 g/mol. The molecule has 0 spiro atoms. The van der Waals surface area contributed by atoms with Gasteiger partial charge in [-0.1, -0.05) is 12.1 Å². The number of halogens is 3. The second kappa shape index (κ2) is 8.30. The number of aliphatic carboxylic acids is 1. The number of H-pyrrole nitrogens is 1. The van der Waals surface area contributed by atoms with Crippen LogP contribution < -0.4 is 4.74 Å². The first-order valence-electron chi connectivity index (χ1n) is 11.2. The molecule has 0 amide bonds. The lowest BCUT2D eigenvalue weighted by Crippen LogP contribution is -2.01. The Labute approximate surface area is 202 Å². The molecule has 0 radical (unpaired) electrons. The van der Waals surface area contributed by atoms with Crippen molar-refractivity contribution in [2.75, 3.05) is 0 Å². The molecule has 3 heterocycles. The first kappa shape index (κ1) is 22.0. The summed E-state index contributed by atoms with van der Waals surface area (Å²) in [6.45, 7) is 0. The van der Waals surface area contributed by atoms with Crippen LogP contribution >= 0.6 is 0 Å². The molecule has 2 N–H and O–H groups in total. The van der Waals surface area contributed by atoms with E-state index in [9.17, 15) is 18.0 Å². The maximum atomic E-state index is 15.0. The number of carbonyl (C=O) groups is 1. The highest BCUT2D eigenvalue weighted by atomic mass is 19.1. The lowest BCUT2D eigenvalue weighted by atomic mass is 10.0. The Kier molecular flexibility index (Phi) is 5.06. The predicted octanol–water partition coefficient (Wildman–Crippen LogP) is 6.15. The summed E-state index contributed by atoms with van der Waals surface area (Å²) in [5.41, 5.74) is 3.96. The average molecular weight is 489 g/mol. The number of carboxylic acids is 1. The largest absolute Gasteiger partial charge is 0.481 e. The third-order valence-electron chi connectivity index (χ3n) is 6.32. The number of imidazole rings is 1. The highest BCUT2D eigenvalue weighted by Gasteiger charge is 2.25. The number of rotatable bonds is 6. The number of aryl methyl sites for hydroxylation is 1. The number of hydrogen-bond acceptors (Lipinski definition) is 3. The SMILES string of the molecule is O=C(O)CCc1ccc2c(c1)Cc1cnc(-c3cc(Oc4c(F)cc5[nH]ccc5c4F)ccc3F)n1-2. The summed E-state index contributed by atoms with van der Waals surface area (Å²) in [4.78, 5) is 18.1. The summed E-state index contributed by atoms with van der Waals surface area (Å²) in [5.74, 6) is -3.37. The van der Waals surface area contributed by atoms with Crippen molar-refractivity contribution in [3.8, 4) is 28.6 Å². The van der Waals surface area contributed by atoms with E-state index in [0.29, 0.717) is 24.2 Å². The van der Waals surface area contributed by atoms with Gasteiger partial charge in [-0.3, -0.25) is 9.36 Å². The maximum Gasteiger partial charge on any atom is 0.303 e. The number of fused-ring (bicyclic) bond motifs is 4. The molecule has 0 fully saturated rings. The number of nitrogens with one attached hydrogen (secondary N) is 1. The summed E-state index contributed by atoms with van der Waals surface area (Å²) >= 11 is 0. The van der Waals surface area contributed by atoms with Crippen molar-refractivity contribution in [2.24, 2.45) is 0 Å². The zero-order valence-electron chi connectivity index (χ0n) is 18.7. The molecule has 0 bridgehead atoms. The standard InChI is InChI=1S/C27H18F3N3O3/c28-20-4-3-17(36-26-21(29)12-22-18(25(26)30)7-8-31-22)11-19(20)27-32-13-16-10-15-9-14(2-6-24(34)35)1-5-23(15)33(16)27/h1,3-5,7-9,11-13,31H,2,6,10H2,(H,34,35). The molecule has 0 unspecified atom stereocenters. The molecule has 0 aliphatic carbocycles. The lowest BCUT2D eigenvalue weighted by molar-refractivity contribution is -0.136. The van der Waals surface area contributed by atoms with Gasteiger partial charge in [0.05, 0.1) is 16.8 Å². The Morgan fingerprint density at radius 1 is 1.08 bits per heavy atom. The van der Waals surface area contributed by atoms with Crippen molar-refractivity contribution in [2.45, 2.75) is 19.3 Å². The molecule has 9 heteroatoms. The van der Waals surface area contributed by atoms with Crippen LogP contribution in [-0.4, -0.2) is 25.6 Å². The van der Waals surface area contributed by atoms with Crippen LogP contribution in [-0.2, 0) is 17.6 Å². The van der Waals surface area contributed by atoms with Gasteiger partial charge in [0.2, 0.25) is 0 Å². The van der Waals surface area contributed by atoms with Crippen molar-refractivity contribution in [1.29, 1.82) is 0 Å². The summed E-state index contributed by atoms with van der Waals surface area (Å²) in [6, 6.07) is 12.1. The van der Waals surface area contributed by atoms with E-state index >= 15 is 0 Å². The molecular weight excluding hydrogens is 471 g/mol. The molecule has 2 aromatic heterocycles. The van der Waals surface area contributed by atoms with Crippen molar-refractivity contribution in [3.63, 3.8) is 0 Å². The van der Waals surface area contributed by atoms with E-state index in [0.717, 1.165) is 28.6 Å². The smallest absolute Gasteiger partial charge is 0.303 e. The van der Waals surface area contributed by atoms with Crippen LogP contribution in [0.4, 0.5) is 13.2 Å². The minimum Gasteiger partial charge on any atom is -0.481 e. The zero-order valence-corrected chi connectivity index (χ0v) is 18.7. The van der Waals surface area contributed by atoms with Crippen LogP contribution in [0.3, 0.4) is 0 Å². The Morgan fingerprint density at radius 3 is 2.78 bits per heavy atom. The van der Waals surface area contributed by atoms with Crippen LogP contribution in [0.2, 0.25) is 0 Å². The van der Waals surface area contributed by atoms with Crippen molar-refractivity contribution in [1.82, 2.24) is 14.5 Å². The number of aromatic nitrogens is 3. The maximum absolute atomic E-state index is 15.0. The predicted molar refractivity (Wildman–Crippen MR) is 126 cm³/mol. The molecular formula is C27H18F3N3O3. The molecule has 6 rings (SSSR count). The summed E-state index contributed by atoms with van der Waals surface area (Å²) in [7, 11) is 0. The van der Waals surface area contributed by atoms with Gasteiger partial charge in [0.1, 0.15) is 17.4 Å². The van der Waals surface area contributed by atoms with Crippen molar-refractivity contribution >= 4 is 16.9 Å². The highest BCUT2D eigenvalue weighted by molar-refractivity contribution is 5.82. The van der Waals surface area contributed by atoms with E-state index in [-0.39, 0.29) is 23.1 Å². The Hall–Kier alpha value is -4.53. The third-order valence-corrected chi connectivity index (χ3v) is 6.32. The zero-order chi connectivity index (χ0) is 25.0. The quantitative estimate of drug-likeness (QED) is 0.294. The molecule has 0 saturated heterocycles. The molecule has 5 aromatic rings. The molecule has 3 aromatic carbocycles. The van der Waals surface area contributed by atoms with Gasteiger partial charge in [-0.25, -0.2) is 18.2 Å². The Balaban J connectivity index is 1.36. The average Bonchev–Trinajstić information content (AvgIpc) is 3.56. The van der Waals surface area contributed by atoms with Gasteiger partial charge < -0.3 is 14.8 Å². The van der Waals surface area contributed by atoms with Gasteiger partial charge in [-0.2, -0.15) is 0 Å². The molecule has 36 heavy (non-hydrogen) atoms. The van der Waals surface area contributed by atoms with E-state index in [1.54, 1.807) is 6.20 Å². The summed E-state index contributed by atoms with van der Waals surface area (Å²) in [5, 5.41) is 9.13. The normalized spacial score (nSPS) is 12.1. The van der Waals surface area contributed by atoms with Gasteiger partial charge >= 0.3 is 5.97 Å². The summed E-state index contributed by atoms with van der Waals surface area (Å²) < 4.78 is 51.8. The second-order valence-corrected chi connectivity index (χ2v) is 8.63. The number of carboxylic acid groups (broad SMARTS) is 1. The van der Waals surface area contributed by atoms with Gasteiger partial charge in [-0.05, 0) is 47.9 Å². The van der Waals surface area contributed by atoms with Crippen LogP contribution in [0.5, 0.6) is 11.5 Å². The number of aromatic amines is 1.